The molecule has 0 saturated carbocycles. The Morgan fingerprint density at radius 1 is 1.32 bits per heavy atom. The van der Waals surface area contributed by atoms with Gasteiger partial charge in [-0.25, -0.2) is 0 Å². The van der Waals surface area contributed by atoms with Crippen molar-refractivity contribution in [2.75, 3.05) is 26.2 Å². The number of para-hydroxylation sites is 1. The molecule has 4 heteroatoms. The number of aliphatic hydroxyl groups excluding tert-OH is 1. The molecule has 1 rings (SSSR count). The van der Waals surface area contributed by atoms with Crippen LogP contribution in [-0.4, -0.2) is 48.1 Å². The summed E-state index contributed by atoms with van der Waals surface area (Å²) in [5.41, 5.74) is 0.553. The lowest BCUT2D eigenvalue weighted by molar-refractivity contribution is 0.0708. The minimum Gasteiger partial charge on any atom is -0.490 e. The summed E-state index contributed by atoms with van der Waals surface area (Å²) < 4.78 is 5.55. The van der Waals surface area contributed by atoms with Gasteiger partial charge in [-0.15, -0.1) is 0 Å². The number of likely N-dealkylation sites (N-methyl/N-ethyl adjacent to an activating group) is 1. The second-order valence-corrected chi connectivity index (χ2v) is 4.50. The summed E-state index contributed by atoms with van der Waals surface area (Å²) in [7, 11) is 0. The fourth-order valence-corrected chi connectivity index (χ4v) is 1.90. The molecule has 19 heavy (non-hydrogen) atoms. The quantitative estimate of drug-likeness (QED) is 0.730. The Labute approximate surface area is 115 Å². The van der Waals surface area contributed by atoms with Gasteiger partial charge in [-0.2, -0.15) is 0 Å². The van der Waals surface area contributed by atoms with Gasteiger partial charge < -0.3 is 14.7 Å². The summed E-state index contributed by atoms with van der Waals surface area (Å²) in [5.74, 6) is 0.502. The van der Waals surface area contributed by atoms with Crippen molar-refractivity contribution in [2.45, 2.75) is 26.9 Å². The highest BCUT2D eigenvalue weighted by Gasteiger charge is 2.12. The van der Waals surface area contributed by atoms with Crippen LogP contribution in [0.4, 0.5) is 0 Å². The number of ether oxygens (including phenoxy) is 1. The molecular weight excluding hydrogens is 242 g/mol. The van der Waals surface area contributed by atoms with E-state index in [4.69, 9.17) is 4.74 Å². The predicted molar refractivity (Wildman–Crippen MR) is 75.7 cm³/mol. The van der Waals surface area contributed by atoms with Crippen molar-refractivity contribution in [3.63, 3.8) is 0 Å². The van der Waals surface area contributed by atoms with Crippen molar-refractivity contribution in [1.82, 2.24) is 4.90 Å². The second kappa shape index (κ2) is 7.92. The first kappa shape index (κ1) is 15.7. The number of rotatable bonds is 8. The van der Waals surface area contributed by atoms with Crippen LogP contribution >= 0.6 is 0 Å². The first-order chi connectivity index (χ1) is 9.08. The smallest absolute Gasteiger partial charge is 0.163 e. The van der Waals surface area contributed by atoms with Crippen LogP contribution in [-0.2, 0) is 0 Å². The van der Waals surface area contributed by atoms with E-state index in [2.05, 4.69) is 18.7 Å². The van der Waals surface area contributed by atoms with Crippen molar-refractivity contribution in [3.8, 4) is 5.75 Å². The predicted octanol–water partition coefficient (Wildman–Crippen LogP) is 1.97. The van der Waals surface area contributed by atoms with Crippen LogP contribution in [0.5, 0.6) is 5.75 Å². The Morgan fingerprint density at radius 3 is 2.53 bits per heavy atom. The number of hydrogen-bond donors (Lipinski definition) is 1. The van der Waals surface area contributed by atoms with Gasteiger partial charge in [0.2, 0.25) is 0 Å². The van der Waals surface area contributed by atoms with E-state index in [0.29, 0.717) is 17.9 Å². The van der Waals surface area contributed by atoms with Gasteiger partial charge in [0, 0.05) is 6.54 Å². The molecule has 106 valence electrons. The Hall–Kier alpha value is -1.39. The monoisotopic (exact) mass is 265 g/mol. The van der Waals surface area contributed by atoms with E-state index in [1.165, 1.54) is 6.92 Å². The molecule has 0 aliphatic heterocycles. The maximum absolute atomic E-state index is 11.4. The van der Waals surface area contributed by atoms with Gasteiger partial charge in [-0.3, -0.25) is 4.79 Å². The minimum atomic E-state index is -0.556. The molecule has 0 saturated heterocycles. The molecule has 1 aromatic rings. The zero-order chi connectivity index (χ0) is 14.3. The van der Waals surface area contributed by atoms with Gasteiger partial charge in [0.1, 0.15) is 18.5 Å². The number of aliphatic hydroxyl groups is 1. The van der Waals surface area contributed by atoms with Crippen LogP contribution in [0.1, 0.15) is 31.1 Å². The number of nitrogens with zero attached hydrogens (tertiary/aromatic N) is 1. The highest BCUT2D eigenvalue weighted by Crippen LogP contribution is 2.18. The average Bonchev–Trinajstić information content (AvgIpc) is 2.42. The number of carbonyl (C=O) groups excluding carboxylic acids is 1. The summed E-state index contributed by atoms with van der Waals surface area (Å²) in [5, 5.41) is 9.92. The van der Waals surface area contributed by atoms with E-state index in [1.807, 2.05) is 6.07 Å². The lowest BCUT2D eigenvalue weighted by Crippen LogP contribution is -2.35. The van der Waals surface area contributed by atoms with Crippen LogP contribution < -0.4 is 4.74 Å². The molecule has 0 radical (unpaired) electrons. The second-order valence-electron chi connectivity index (χ2n) is 4.50. The van der Waals surface area contributed by atoms with E-state index in [1.54, 1.807) is 18.2 Å². The van der Waals surface area contributed by atoms with E-state index in [9.17, 15) is 9.90 Å². The van der Waals surface area contributed by atoms with Gasteiger partial charge >= 0.3 is 0 Å². The average molecular weight is 265 g/mol. The third kappa shape index (κ3) is 5.01. The summed E-state index contributed by atoms with van der Waals surface area (Å²) in [4.78, 5) is 13.6. The maximum Gasteiger partial charge on any atom is 0.163 e. The van der Waals surface area contributed by atoms with E-state index < -0.39 is 6.10 Å². The molecule has 1 aromatic carbocycles. The standard InChI is InChI=1S/C15H23NO3/c1-4-16(5-2)10-13(18)11-19-15-9-7-6-8-14(15)12(3)17/h6-9,13,18H,4-5,10-11H2,1-3H3/t13-/m1/s1. The van der Waals surface area contributed by atoms with Crippen molar-refractivity contribution in [1.29, 1.82) is 0 Å². The Balaban J connectivity index is 2.55. The Kier molecular flexibility index (Phi) is 6.53. The molecule has 0 bridgehead atoms. The molecular formula is C15H23NO3. The van der Waals surface area contributed by atoms with Crippen LogP contribution in [0.15, 0.2) is 24.3 Å². The Morgan fingerprint density at radius 2 is 1.95 bits per heavy atom. The van der Waals surface area contributed by atoms with Crippen molar-refractivity contribution in [3.05, 3.63) is 29.8 Å². The normalized spacial score (nSPS) is 12.5. The van der Waals surface area contributed by atoms with Gasteiger partial charge in [0.25, 0.3) is 0 Å². The highest BCUT2D eigenvalue weighted by molar-refractivity contribution is 5.96. The van der Waals surface area contributed by atoms with Gasteiger partial charge in [-0.1, -0.05) is 26.0 Å². The first-order valence-corrected chi connectivity index (χ1v) is 6.71. The SMILES string of the molecule is CCN(CC)C[C@@H](O)COc1ccccc1C(C)=O. The van der Waals surface area contributed by atoms with Crippen molar-refractivity contribution < 1.29 is 14.6 Å². The number of hydrogen-bond acceptors (Lipinski definition) is 4. The third-order valence-electron chi connectivity index (χ3n) is 3.06. The van der Waals surface area contributed by atoms with Crippen LogP contribution in [0.3, 0.4) is 0 Å². The highest BCUT2D eigenvalue weighted by atomic mass is 16.5. The van der Waals surface area contributed by atoms with Crippen LogP contribution in [0, 0.1) is 0 Å². The van der Waals surface area contributed by atoms with E-state index >= 15 is 0 Å². The summed E-state index contributed by atoms with van der Waals surface area (Å²) in [6.45, 7) is 8.20. The Bertz CT molecular complexity index is 402. The maximum atomic E-state index is 11.4. The number of ketones is 1. The number of carbonyl (C=O) groups is 1. The van der Waals surface area contributed by atoms with Gasteiger partial charge in [-0.05, 0) is 32.1 Å². The molecule has 4 nitrogen and oxygen atoms in total. The zero-order valence-electron chi connectivity index (χ0n) is 11.9. The summed E-state index contributed by atoms with van der Waals surface area (Å²) in [6.07, 6.45) is -0.556. The van der Waals surface area contributed by atoms with Gasteiger partial charge in [0.05, 0.1) is 5.56 Å². The molecule has 0 aliphatic rings. The fourth-order valence-electron chi connectivity index (χ4n) is 1.90. The number of benzene rings is 1. The van der Waals surface area contributed by atoms with E-state index in [0.717, 1.165) is 13.1 Å². The van der Waals surface area contributed by atoms with Crippen molar-refractivity contribution in [2.24, 2.45) is 0 Å². The van der Waals surface area contributed by atoms with Crippen LogP contribution in [0.25, 0.3) is 0 Å². The summed E-state index contributed by atoms with van der Waals surface area (Å²) >= 11 is 0. The first-order valence-electron chi connectivity index (χ1n) is 6.71. The molecule has 1 N–H and O–H groups in total. The van der Waals surface area contributed by atoms with E-state index in [-0.39, 0.29) is 12.4 Å². The lowest BCUT2D eigenvalue weighted by atomic mass is 10.1. The minimum absolute atomic E-state index is 0.0335. The van der Waals surface area contributed by atoms with Gasteiger partial charge in [0.15, 0.2) is 5.78 Å². The molecule has 0 fully saturated rings. The number of Topliss-reactive ketones (excluding diaryl/α,β-unsaturated/α-hetero) is 1. The topological polar surface area (TPSA) is 49.8 Å². The molecule has 0 amide bonds. The zero-order valence-corrected chi connectivity index (χ0v) is 11.9. The molecule has 1 atom stereocenters. The fraction of sp³-hybridized carbons (Fsp3) is 0.533. The lowest BCUT2D eigenvalue weighted by Gasteiger charge is -2.22. The summed E-state index contributed by atoms with van der Waals surface area (Å²) in [6, 6.07) is 7.10. The third-order valence-corrected chi connectivity index (χ3v) is 3.06. The largest absolute Gasteiger partial charge is 0.490 e. The van der Waals surface area contributed by atoms with Crippen molar-refractivity contribution >= 4 is 5.78 Å². The molecule has 0 spiro atoms. The molecule has 0 heterocycles. The molecule has 0 aliphatic carbocycles. The van der Waals surface area contributed by atoms with Crippen LogP contribution in [0.2, 0.25) is 0 Å². The molecule has 0 aromatic heterocycles. The molecule has 0 unspecified atom stereocenters.